The first kappa shape index (κ1) is 19.9. The van der Waals surface area contributed by atoms with E-state index in [-0.39, 0.29) is 5.56 Å². The molecule has 1 aromatic heterocycles. The number of nitrogens with one attached hydrogen (secondary N) is 1. The Morgan fingerprint density at radius 1 is 1.41 bits per heavy atom. The Morgan fingerprint density at radius 2 is 2.07 bits per heavy atom. The van der Waals surface area contributed by atoms with Crippen LogP contribution < -0.4 is 10.2 Å². The average Bonchev–Trinajstić information content (AvgIpc) is 3.28. The third-order valence-corrected chi connectivity index (χ3v) is 5.59. The highest BCUT2D eigenvalue weighted by atomic mass is 79.9. The zero-order valence-corrected chi connectivity index (χ0v) is 17.7. The van der Waals surface area contributed by atoms with E-state index in [4.69, 9.17) is 4.74 Å². The molecular formula is C19H26BrN3O4. The van der Waals surface area contributed by atoms with Gasteiger partial charge in [-0.3, -0.25) is 4.98 Å². The van der Waals surface area contributed by atoms with E-state index in [9.17, 15) is 14.7 Å². The van der Waals surface area contributed by atoms with Crippen LogP contribution in [0.25, 0.3) is 0 Å². The average molecular weight is 440 g/mol. The number of carboxylic acid groups (broad SMARTS) is 1. The summed E-state index contributed by atoms with van der Waals surface area (Å²) in [6.07, 6.45) is 3.84. The van der Waals surface area contributed by atoms with Gasteiger partial charge in [0.25, 0.3) is 0 Å². The topological polar surface area (TPSA) is 91.8 Å². The third kappa shape index (κ3) is 4.54. The molecule has 7 nitrogen and oxygen atoms in total. The number of anilines is 1. The van der Waals surface area contributed by atoms with E-state index in [1.807, 2.05) is 32.6 Å². The number of alkyl carbamates (subject to hydrolysis) is 1. The molecule has 2 aliphatic rings. The fourth-order valence-corrected chi connectivity index (χ4v) is 4.29. The Kier molecular flexibility index (Phi) is 5.14. The van der Waals surface area contributed by atoms with Crippen molar-refractivity contribution in [3.8, 4) is 0 Å². The van der Waals surface area contributed by atoms with Gasteiger partial charge in [-0.15, -0.1) is 0 Å². The quantitative estimate of drug-likeness (QED) is 0.738. The lowest BCUT2D eigenvalue weighted by Crippen LogP contribution is -2.49. The number of amides is 1. The lowest BCUT2D eigenvalue weighted by Gasteiger charge is -2.29. The molecule has 1 saturated carbocycles. The Labute approximate surface area is 167 Å². The summed E-state index contributed by atoms with van der Waals surface area (Å²) in [6, 6.07) is 0. The van der Waals surface area contributed by atoms with Crippen LogP contribution in [0.3, 0.4) is 0 Å². The Morgan fingerprint density at radius 3 is 2.63 bits per heavy atom. The summed E-state index contributed by atoms with van der Waals surface area (Å²) in [7, 11) is 0. The molecule has 1 aliphatic carbocycles. The molecule has 1 aliphatic heterocycles. The summed E-state index contributed by atoms with van der Waals surface area (Å²) in [5.41, 5.74) is 0.675. The number of halogens is 1. The van der Waals surface area contributed by atoms with Gasteiger partial charge >= 0.3 is 12.1 Å². The number of rotatable bonds is 4. The van der Waals surface area contributed by atoms with Gasteiger partial charge in [0.05, 0.1) is 21.4 Å². The fourth-order valence-electron chi connectivity index (χ4n) is 3.40. The van der Waals surface area contributed by atoms with Crippen molar-refractivity contribution in [1.82, 2.24) is 10.3 Å². The predicted octanol–water partition coefficient (Wildman–Crippen LogP) is 3.91. The van der Waals surface area contributed by atoms with Crippen molar-refractivity contribution in [2.45, 2.75) is 64.0 Å². The molecule has 3 rings (SSSR count). The van der Waals surface area contributed by atoms with Crippen molar-refractivity contribution < 1.29 is 19.4 Å². The van der Waals surface area contributed by atoms with E-state index in [2.05, 4.69) is 26.2 Å². The summed E-state index contributed by atoms with van der Waals surface area (Å²) >= 11 is 3.60. The van der Waals surface area contributed by atoms with Gasteiger partial charge in [-0.2, -0.15) is 0 Å². The van der Waals surface area contributed by atoms with Crippen molar-refractivity contribution in [3.63, 3.8) is 0 Å². The molecule has 0 radical (unpaired) electrons. The van der Waals surface area contributed by atoms with Gasteiger partial charge in [-0.25, -0.2) is 9.59 Å². The summed E-state index contributed by atoms with van der Waals surface area (Å²) in [6.45, 7) is 8.56. The van der Waals surface area contributed by atoms with E-state index in [0.717, 1.165) is 23.0 Å². The molecule has 148 valence electrons. The maximum absolute atomic E-state index is 12.2. The summed E-state index contributed by atoms with van der Waals surface area (Å²) in [4.78, 5) is 30.3. The second-order valence-electron chi connectivity index (χ2n) is 8.66. The highest BCUT2D eigenvalue weighted by Crippen LogP contribution is 2.46. The molecule has 2 fully saturated rings. The van der Waals surface area contributed by atoms with E-state index < -0.39 is 23.2 Å². The van der Waals surface area contributed by atoms with Gasteiger partial charge in [0.2, 0.25) is 0 Å². The molecular weight excluding hydrogens is 414 g/mol. The van der Waals surface area contributed by atoms with Crippen LogP contribution in [0.15, 0.2) is 10.7 Å². The van der Waals surface area contributed by atoms with Crippen molar-refractivity contribution >= 4 is 33.7 Å². The van der Waals surface area contributed by atoms with Crippen LogP contribution >= 0.6 is 15.9 Å². The number of carbonyl (C=O) groups is 2. The zero-order chi connectivity index (χ0) is 20.0. The predicted molar refractivity (Wildman–Crippen MR) is 105 cm³/mol. The van der Waals surface area contributed by atoms with Gasteiger partial charge in [0.1, 0.15) is 11.2 Å². The van der Waals surface area contributed by atoms with Gasteiger partial charge in [0.15, 0.2) is 0 Å². The molecule has 0 spiro atoms. The smallest absolute Gasteiger partial charge is 0.408 e. The van der Waals surface area contributed by atoms with Crippen LogP contribution in [0.1, 0.15) is 68.9 Å². The number of carboxylic acids is 1. The molecule has 1 amide bonds. The number of carbonyl (C=O) groups excluding carboxylic acids is 1. The molecule has 0 bridgehead atoms. The number of aromatic carboxylic acids is 1. The molecule has 0 aromatic carbocycles. The Hall–Kier alpha value is -1.83. The highest BCUT2D eigenvalue weighted by Gasteiger charge is 2.39. The maximum atomic E-state index is 12.2. The largest absolute Gasteiger partial charge is 0.478 e. The minimum Gasteiger partial charge on any atom is -0.478 e. The fraction of sp³-hybridized carbons (Fsp3) is 0.632. The minimum atomic E-state index is -1.01. The lowest BCUT2D eigenvalue weighted by atomic mass is 10.0. The molecule has 1 unspecified atom stereocenters. The molecule has 8 heteroatoms. The zero-order valence-electron chi connectivity index (χ0n) is 16.1. The number of hydrogen-bond donors (Lipinski definition) is 2. The summed E-state index contributed by atoms with van der Waals surface area (Å²) < 4.78 is 6.12. The van der Waals surface area contributed by atoms with E-state index in [0.29, 0.717) is 31.1 Å². The van der Waals surface area contributed by atoms with E-state index in [1.54, 1.807) is 0 Å². The first-order valence-corrected chi connectivity index (χ1v) is 9.96. The first-order valence-electron chi connectivity index (χ1n) is 9.17. The first-order chi connectivity index (χ1) is 12.5. The standard InChI is InChI=1S/C19H26BrN3O4/c1-18(2,3)27-17(26)22-19(4)7-8-23(10-19)15-12(16(24)25)9-21-14(13(15)20)11-5-6-11/h9,11H,5-8,10H2,1-4H3,(H,22,26)(H,24,25). The Balaban J connectivity index is 1.83. The SMILES string of the molecule is CC1(NC(=O)OC(C)(C)C)CCN(c2c(C(=O)O)cnc(C3CC3)c2Br)C1. The van der Waals surface area contributed by atoms with Crippen molar-refractivity contribution in [2.75, 3.05) is 18.0 Å². The lowest BCUT2D eigenvalue weighted by molar-refractivity contribution is 0.0472. The third-order valence-electron chi connectivity index (χ3n) is 4.81. The Bertz CT molecular complexity index is 773. The number of nitrogens with zero attached hydrogens (tertiary/aromatic N) is 2. The van der Waals surface area contributed by atoms with Crippen LogP contribution in [0, 0.1) is 0 Å². The molecule has 27 heavy (non-hydrogen) atoms. The number of ether oxygens (including phenoxy) is 1. The second kappa shape index (κ2) is 6.96. The number of hydrogen-bond acceptors (Lipinski definition) is 5. The van der Waals surface area contributed by atoms with Gasteiger partial charge in [-0.1, -0.05) is 0 Å². The molecule has 1 atom stereocenters. The van der Waals surface area contributed by atoms with Crippen molar-refractivity contribution in [3.05, 3.63) is 21.9 Å². The number of aromatic nitrogens is 1. The van der Waals surface area contributed by atoms with Gasteiger partial charge in [-0.05, 0) is 62.9 Å². The maximum Gasteiger partial charge on any atom is 0.408 e. The van der Waals surface area contributed by atoms with Crippen LogP contribution in [0.5, 0.6) is 0 Å². The molecule has 2 heterocycles. The second-order valence-corrected chi connectivity index (χ2v) is 9.45. The van der Waals surface area contributed by atoms with Crippen LogP contribution in [0.2, 0.25) is 0 Å². The highest BCUT2D eigenvalue weighted by molar-refractivity contribution is 9.10. The normalized spacial score (nSPS) is 22.6. The van der Waals surface area contributed by atoms with Crippen molar-refractivity contribution in [1.29, 1.82) is 0 Å². The van der Waals surface area contributed by atoms with E-state index in [1.165, 1.54) is 6.20 Å². The number of pyridine rings is 1. The molecule has 1 saturated heterocycles. The molecule has 2 N–H and O–H groups in total. The monoisotopic (exact) mass is 439 g/mol. The summed E-state index contributed by atoms with van der Waals surface area (Å²) in [5.74, 6) is -0.607. The van der Waals surface area contributed by atoms with Gasteiger partial charge < -0.3 is 20.1 Å². The minimum absolute atomic E-state index is 0.174. The summed E-state index contributed by atoms with van der Waals surface area (Å²) in [5, 5.41) is 12.6. The van der Waals surface area contributed by atoms with Gasteiger partial charge in [0, 0.05) is 25.2 Å². The van der Waals surface area contributed by atoms with Crippen LogP contribution in [0.4, 0.5) is 10.5 Å². The van der Waals surface area contributed by atoms with Crippen molar-refractivity contribution in [2.24, 2.45) is 0 Å². The molecule has 1 aromatic rings. The van der Waals surface area contributed by atoms with Crippen LogP contribution in [-0.2, 0) is 4.74 Å². The van der Waals surface area contributed by atoms with Crippen LogP contribution in [-0.4, -0.2) is 46.4 Å². The van der Waals surface area contributed by atoms with E-state index >= 15 is 0 Å².